The normalized spacial score (nSPS) is 14.4. The predicted octanol–water partition coefficient (Wildman–Crippen LogP) is 2.98. The van der Waals surface area contributed by atoms with Gasteiger partial charge in [-0.15, -0.1) is 10.2 Å². The molecule has 10 heteroatoms. The van der Waals surface area contributed by atoms with Crippen LogP contribution >= 0.6 is 11.8 Å². The van der Waals surface area contributed by atoms with Crippen molar-refractivity contribution in [1.29, 1.82) is 0 Å². The summed E-state index contributed by atoms with van der Waals surface area (Å²) in [6.45, 7) is 5.99. The van der Waals surface area contributed by atoms with Crippen LogP contribution in [0.3, 0.4) is 0 Å². The van der Waals surface area contributed by atoms with E-state index in [0.717, 1.165) is 35.2 Å². The van der Waals surface area contributed by atoms with Crippen LogP contribution in [-0.4, -0.2) is 67.3 Å². The second-order valence-corrected chi connectivity index (χ2v) is 8.92. The van der Waals surface area contributed by atoms with Crippen molar-refractivity contribution in [2.45, 2.75) is 25.2 Å². The van der Waals surface area contributed by atoms with E-state index in [1.54, 1.807) is 12.1 Å². The summed E-state index contributed by atoms with van der Waals surface area (Å²) in [4.78, 5) is 27.5. The first-order valence-corrected chi connectivity index (χ1v) is 11.8. The predicted molar refractivity (Wildman–Crippen MR) is 126 cm³/mol. The average molecular weight is 467 g/mol. The number of hydrogen-bond acceptors (Lipinski definition) is 7. The Labute approximate surface area is 196 Å². The minimum atomic E-state index is -0.375. The van der Waals surface area contributed by atoms with E-state index in [1.807, 2.05) is 40.7 Å². The van der Waals surface area contributed by atoms with Crippen LogP contribution < -0.4 is 0 Å². The number of carbonyl (C=O) groups is 1. The van der Waals surface area contributed by atoms with Gasteiger partial charge in [-0.1, -0.05) is 54.2 Å². The van der Waals surface area contributed by atoms with Crippen LogP contribution in [0.4, 0.5) is 5.69 Å². The molecule has 3 aromatic rings. The first kappa shape index (κ1) is 22.9. The fourth-order valence-electron chi connectivity index (χ4n) is 3.82. The summed E-state index contributed by atoms with van der Waals surface area (Å²) in [7, 11) is 0. The van der Waals surface area contributed by atoms with Crippen molar-refractivity contribution in [3.05, 3.63) is 81.7 Å². The van der Waals surface area contributed by atoms with Crippen LogP contribution in [0.2, 0.25) is 0 Å². The minimum absolute atomic E-state index is 0.0851. The number of nitrogens with zero attached hydrogens (tertiary/aromatic N) is 6. The molecule has 172 valence electrons. The van der Waals surface area contributed by atoms with Gasteiger partial charge in [0.1, 0.15) is 5.82 Å². The second-order valence-electron chi connectivity index (χ2n) is 7.97. The van der Waals surface area contributed by atoms with Crippen molar-refractivity contribution < 1.29 is 9.72 Å². The molecule has 1 aromatic heterocycles. The van der Waals surface area contributed by atoms with Gasteiger partial charge >= 0.3 is 0 Å². The zero-order valence-corrected chi connectivity index (χ0v) is 19.3. The lowest BCUT2D eigenvalue weighted by atomic mass is 10.1. The molecule has 1 amide bonds. The fourth-order valence-corrected chi connectivity index (χ4v) is 4.70. The quantitative estimate of drug-likeness (QED) is 0.286. The molecule has 0 saturated carbocycles. The molecule has 0 bridgehead atoms. The summed E-state index contributed by atoms with van der Waals surface area (Å²) in [6.07, 6.45) is 0. The molecule has 0 unspecified atom stereocenters. The molecule has 33 heavy (non-hydrogen) atoms. The number of non-ortho nitro benzene ring substituents is 1. The number of thioether (sulfide) groups is 1. The number of piperazine rings is 1. The van der Waals surface area contributed by atoms with Crippen molar-refractivity contribution in [2.24, 2.45) is 0 Å². The number of aryl methyl sites for hydroxylation is 1. The Balaban J connectivity index is 1.27. The molecule has 2 aromatic carbocycles. The van der Waals surface area contributed by atoms with Crippen LogP contribution in [-0.2, 0) is 17.9 Å². The SMILES string of the molecule is Cc1nnc(SCC(=O)N2CCN(Cc3cccc([N+](=O)[O-])c3)CC2)n1Cc1ccccc1. The summed E-state index contributed by atoms with van der Waals surface area (Å²) >= 11 is 1.42. The van der Waals surface area contributed by atoms with Crippen LogP contribution in [0.25, 0.3) is 0 Å². The monoisotopic (exact) mass is 466 g/mol. The molecule has 0 atom stereocenters. The van der Waals surface area contributed by atoms with Crippen molar-refractivity contribution in [2.75, 3.05) is 31.9 Å². The average Bonchev–Trinajstić information content (AvgIpc) is 3.18. The topological polar surface area (TPSA) is 97.4 Å². The zero-order chi connectivity index (χ0) is 23.2. The molecule has 0 radical (unpaired) electrons. The Morgan fingerprint density at radius 3 is 2.45 bits per heavy atom. The molecule has 1 aliphatic rings. The van der Waals surface area contributed by atoms with Crippen LogP contribution in [0.15, 0.2) is 59.8 Å². The summed E-state index contributed by atoms with van der Waals surface area (Å²) < 4.78 is 2.03. The Kier molecular flexibility index (Phi) is 7.36. The van der Waals surface area contributed by atoms with Crippen molar-refractivity contribution in [3.8, 4) is 0 Å². The van der Waals surface area contributed by atoms with Crippen molar-refractivity contribution in [3.63, 3.8) is 0 Å². The minimum Gasteiger partial charge on any atom is -0.339 e. The van der Waals surface area contributed by atoms with E-state index < -0.39 is 0 Å². The smallest absolute Gasteiger partial charge is 0.269 e. The second kappa shape index (κ2) is 10.6. The van der Waals surface area contributed by atoms with Gasteiger partial charge in [0.15, 0.2) is 5.16 Å². The summed E-state index contributed by atoms with van der Waals surface area (Å²) in [5, 5.41) is 20.2. The van der Waals surface area contributed by atoms with E-state index in [4.69, 9.17) is 0 Å². The zero-order valence-electron chi connectivity index (χ0n) is 18.5. The maximum absolute atomic E-state index is 12.8. The van der Waals surface area contributed by atoms with Gasteiger partial charge in [0.25, 0.3) is 5.69 Å². The Bertz CT molecular complexity index is 1110. The van der Waals surface area contributed by atoms with Gasteiger partial charge in [-0.25, -0.2) is 0 Å². The van der Waals surface area contributed by atoms with Gasteiger partial charge in [0.2, 0.25) is 5.91 Å². The van der Waals surface area contributed by atoms with Crippen molar-refractivity contribution >= 4 is 23.4 Å². The molecule has 1 aliphatic heterocycles. The molecule has 4 rings (SSSR count). The van der Waals surface area contributed by atoms with Crippen molar-refractivity contribution in [1.82, 2.24) is 24.6 Å². The molecule has 0 spiro atoms. The number of nitro groups is 1. The molecule has 2 heterocycles. The summed E-state index contributed by atoms with van der Waals surface area (Å²) in [5.74, 6) is 1.23. The molecular weight excluding hydrogens is 440 g/mol. The molecule has 1 saturated heterocycles. The van der Waals surface area contributed by atoms with Gasteiger partial charge in [0.05, 0.1) is 17.2 Å². The number of amides is 1. The van der Waals surface area contributed by atoms with Gasteiger partial charge < -0.3 is 9.47 Å². The third kappa shape index (κ3) is 5.96. The lowest BCUT2D eigenvalue weighted by molar-refractivity contribution is -0.384. The Morgan fingerprint density at radius 1 is 1.00 bits per heavy atom. The Hall–Kier alpha value is -3.24. The molecule has 0 aliphatic carbocycles. The third-order valence-corrected chi connectivity index (χ3v) is 6.61. The summed E-state index contributed by atoms with van der Waals surface area (Å²) in [5.41, 5.74) is 2.18. The van der Waals surface area contributed by atoms with Crippen LogP contribution in [0.5, 0.6) is 0 Å². The van der Waals surface area contributed by atoms with E-state index in [0.29, 0.717) is 31.9 Å². The molecular formula is C23H26N6O3S. The number of rotatable bonds is 8. The largest absolute Gasteiger partial charge is 0.339 e. The highest BCUT2D eigenvalue weighted by atomic mass is 32.2. The maximum Gasteiger partial charge on any atom is 0.269 e. The van der Waals surface area contributed by atoms with E-state index in [1.165, 1.54) is 17.8 Å². The standard InChI is InChI=1S/C23H26N6O3S/c1-18-24-25-23(28(18)16-19-6-3-2-4-7-19)33-17-22(30)27-12-10-26(11-13-27)15-20-8-5-9-21(14-20)29(31)32/h2-9,14H,10-13,15-17H2,1H3. The highest BCUT2D eigenvalue weighted by Gasteiger charge is 2.22. The first-order chi connectivity index (χ1) is 16.0. The molecule has 1 fully saturated rings. The van der Waals surface area contributed by atoms with E-state index in [-0.39, 0.29) is 16.5 Å². The van der Waals surface area contributed by atoms with Gasteiger partial charge in [-0.2, -0.15) is 0 Å². The molecule has 0 N–H and O–H groups in total. The van der Waals surface area contributed by atoms with Crippen LogP contribution in [0, 0.1) is 17.0 Å². The fraction of sp³-hybridized carbons (Fsp3) is 0.348. The first-order valence-electron chi connectivity index (χ1n) is 10.8. The number of nitro benzene ring substituents is 1. The highest BCUT2D eigenvalue weighted by Crippen LogP contribution is 2.20. The lowest BCUT2D eigenvalue weighted by Gasteiger charge is -2.34. The third-order valence-electron chi connectivity index (χ3n) is 5.66. The highest BCUT2D eigenvalue weighted by molar-refractivity contribution is 7.99. The van der Waals surface area contributed by atoms with Gasteiger partial charge in [-0.3, -0.25) is 19.8 Å². The molecule has 9 nitrogen and oxygen atoms in total. The van der Waals surface area contributed by atoms with E-state index >= 15 is 0 Å². The Morgan fingerprint density at radius 2 is 1.73 bits per heavy atom. The number of aromatic nitrogens is 3. The number of benzene rings is 2. The lowest BCUT2D eigenvalue weighted by Crippen LogP contribution is -2.48. The van der Waals surface area contributed by atoms with Gasteiger partial charge in [0, 0.05) is 44.9 Å². The maximum atomic E-state index is 12.8. The number of carbonyl (C=O) groups excluding carboxylic acids is 1. The van der Waals surface area contributed by atoms with Gasteiger partial charge in [-0.05, 0) is 18.1 Å². The van der Waals surface area contributed by atoms with Crippen LogP contribution in [0.1, 0.15) is 17.0 Å². The summed E-state index contributed by atoms with van der Waals surface area (Å²) in [6, 6.07) is 16.8. The number of hydrogen-bond donors (Lipinski definition) is 0. The van der Waals surface area contributed by atoms with E-state index in [2.05, 4.69) is 27.2 Å². The van der Waals surface area contributed by atoms with E-state index in [9.17, 15) is 14.9 Å².